The van der Waals surface area contributed by atoms with Crippen LogP contribution in [-0.4, -0.2) is 43.7 Å². The highest BCUT2D eigenvalue weighted by molar-refractivity contribution is 7.29. The number of nitrogens with zero attached hydrogens (tertiary/aromatic N) is 3. The first-order chi connectivity index (χ1) is 14.2. The second-order valence-electron chi connectivity index (χ2n) is 6.01. The second kappa shape index (κ2) is 8.75. The van der Waals surface area contributed by atoms with E-state index in [-0.39, 0.29) is 11.3 Å². The van der Waals surface area contributed by atoms with E-state index in [1.807, 2.05) is 19.0 Å². The van der Waals surface area contributed by atoms with Gasteiger partial charge in [-0.1, -0.05) is 11.3 Å². The molecule has 3 rings (SSSR count). The lowest BCUT2D eigenvalue weighted by atomic mass is 10.1. The number of aromatic nitrogens is 1. The van der Waals surface area contributed by atoms with Gasteiger partial charge in [-0.15, -0.1) is 11.3 Å². The Balaban J connectivity index is 1.80. The van der Waals surface area contributed by atoms with Gasteiger partial charge in [0.25, 0.3) is 5.69 Å². The lowest BCUT2D eigenvalue weighted by molar-refractivity contribution is -0.386. The number of alkyl halides is 2. The van der Waals surface area contributed by atoms with Gasteiger partial charge in [0.1, 0.15) is 16.3 Å². The molecule has 0 fully saturated rings. The summed E-state index contributed by atoms with van der Waals surface area (Å²) in [5.41, 5.74) is -0.568. The number of benzene rings is 1. The number of carbonyl (C=O) groups is 1. The maximum atomic E-state index is 12.5. The number of fused-ring (bicyclic) bond motifs is 1. The molecule has 0 saturated heterocycles. The van der Waals surface area contributed by atoms with Gasteiger partial charge < -0.3 is 19.1 Å². The highest BCUT2D eigenvalue weighted by Crippen LogP contribution is 2.37. The number of thiazole rings is 1. The summed E-state index contributed by atoms with van der Waals surface area (Å²) in [6, 6.07) is 3.57. The van der Waals surface area contributed by atoms with E-state index in [1.54, 1.807) is 6.07 Å². The molecule has 0 saturated carbocycles. The monoisotopic (exact) mass is 459 g/mol. The van der Waals surface area contributed by atoms with Crippen molar-refractivity contribution in [3.05, 3.63) is 38.8 Å². The SMILES string of the molecule is COc1cc(COC(=O)c2cc3sc(N(C)C)nc3s2)c([N+](=O)[O-])cc1OC(F)F. The van der Waals surface area contributed by atoms with Gasteiger partial charge in [0.15, 0.2) is 16.6 Å². The van der Waals surface area contributed by atoms with Crippen LogP contribution in [0, 0.1) is 10.1 Å². The van der Waals surface area contributed by atoms with Crippen molar-refractivity contribution in [3.8, 4) is 11.5 Å². The minimum atomic E-state index is -3.18. The van der Waals surface area contributed by atoms with Gasteiger partial charge in [0.05, 0.1) is 28.4 Å². The van der Waals surface area contributed by atoms with Crippen molar-refractivity contribution in [3.63, 3.8) is 0 Å². The first kappa shape index (κ1) is 21.6. The molecular formula is C17H15F2N3O6S2. The quantitative estimate of drug-likeness (QED) is 0.279. The zero-order valence-corrected chi connectivity index (χ0v) is 17.5. The van der Waals surface area contributed by atoms with Gasteiger partial charge in [0.2, 0.25) is 0 Å². The Bertz CT molecular complexity index is 1070. The van der Waals surface area contributed by atoms with Crippen molar-refractivity contribution >= 4 is 49.0 Å². The Morgan fingerprint density at radius 2 is 2.00 bits per heavy atom. The molecule has 0 bridgehead atoms. The first-order valence-electron chi connectivity index (χ1n) is 8.24. The molecule has 160 valence electrons. The molecule has 0 radical (unpaired) electrons. The van der Waals surface area contributed by atoms with Crippen molar-refractivity contribution in [2.75, 3.05) is 26.1 Å². The number of nitro groups is 1. The largest absolute Gasteiger partial charge is 0.493 e. The predicted molar refractivity (Wildman–Crippen MR) is 107 cm³/mol. The Morgan fingerprint density at radius 1 is 1.27 bits per heavy atom. The number of anilines is 1. The van der Waals surface area contributed by atoms with Gasteiger partial charge in [0, 0.05) is 14.1 Å². The third-order valence-electron chi connectivity index (χ3n) is 3.80. The molecule has 0 spiro atoms. The maximum Gasteiger partial charge on any atom is 0.387 e. The summed E-state index contributed by atoms with van der Waals surface area (Å²) in [6.45, 7) is -3.64. The van der Waals surface area contributed by atoms with E-state index >= 15 is 0 Å². The number of thiophene rings is 1. The Hall–Kier alpha value is -3.06. The summed E-state index contributed by atoms with van der Waals surface area (Å²) >= 11 is 2.55. The minimum absolute atomic E-state index is 0.0294. The molecule has 13 heteroatoms. The number of halogens is 2. The summed E-state index contributed by atoms with van der Waals surface area (Å²) in [5, 5.41) is 12.1. The molecule has 2 aromatic heterocycles. The average Bonchev–Trinajstić information content (AvgIpc) is 3.25. The third kappa shape index (κ3) is 4.57. The first-order valence-corrected chi connectivity index (χ1v) is 9.87. The van der Waals surface area contributed by atoms with Gasteiger partial charge in [-0.3, -0.25) is 10.1 Å². The van der Waals surface area contributed by atoms with Crippen LogP contribution in [0.2, 0.25) is 0 Å². The molecule has 0 N–H and O–H groups in total. The Morgan fingerprint density at radius 3 is 2.57 bits per heavy atom. The number of esters is 1. The Kier molecular flexibility index (Phi) is 6.31. The molecule has 1 aromatic carbocycles. The van der Waals surface area contributed by atoms with E-state index in [0.29, 0.717) is 9.71 Å². The van der Waals surface area contributed by atoms with E-state index in [0.717, 1.165) is 33.3 Å². The zero-order chi connectivity index (χ0) is 22.0. The Labute approximate surface area is 176 Å². The number of methoxy groups -OCH3 is 1. The fourth-order valence-electron chi connectivity index (χ4n) is 2.45. The second-order valence-corrected chi connectivity index (χ2v) is 8.05. The van der Waals surface area contributed by atoms with Crippen molar-refractivity contribution < 1.29 is 32.7 Å². The number of nitro benzene ring substituents is 1. The highest BCUT2D eigenvalue weighted by Gasteiger charge is 2.23. The smallest absolute Gasteiger partial charge is 0.387 e. The van der Waals surface area contributed by atoms with Crippen molar-refractivity contribution in [1.29, 1.82) is 0 Å². The molecule has 0 amide bonds. The fourth-order valence-corrected chi connectivity index (χ4v) is 4.48. The van der Waals surface area contributed by atoms with Crippen LogP contribution in [0.25, 0.3) is 9.53 Å². The normalized spacial score (nSPS) is 11.0. The van der Waals surface area contributed by atoms with Crippen molar-refractivity contribution in [2.45, 2.75) is 13.2 Å². The summed E-state index contributed by atoms with van der Waals surface area (Å²) in [4.78, 5) is 30.1. The van der Waals surface area contributed by atoms with Crippen LogP contribution in [0.5, 0.6) is 11.5 Å². The standard InChI is InChI=1S/C17H15F2N3O6S2/c1-21(2)17-20-14-12(30-17)6-13(29-14)15(23)27-7-8-4-10(26-3)11(28-16(18)19)5-9(8)22(24)25/h4-6,16H,7H2,1-3H3. The van der Waals surface area contributed by atoms with Gasteiger partial charge >= 0.3 is 12.6 Å². The number of carbonyl (C=O) groups excluding carboxylic acids is 1. The summed E-state index contributed by atoms with van der Waals surface area (Å²) in [7, 11) is 4.91. The van der Waals surface area contributed by atoms with Crippen LogP contribution in [0.15, 0.2) is 18.2 Å². The van der Waals surface area contributed by atoms with E-state index in [2.05, 4.69) is 9.72 Å². The highest BCUT2D eigenvalue weighted by atomic mass is 32.1. The van der Waals surface area contributed by atoms with E-state index in [4.69, 9.17) is 9.47 Å². The van der Waals surface area contributed by atoms with Gasteiger partial charge in [-0.05, 0) is 12.1 Å². The topological polar surface area (TPSA) is 104 Å². The van der Waals surface area contributed by atoms with Crippen molar-refractivity contribution in [2.24, 2.45) is 0 Å². The number of hydrogen-bond donors (Lipinski definition) is 0. The maximum absolute atomic E-state index is 12.5. The van der Waals surface area contributed by atoms with Gasteiger partial charge in [-0.25, -0.2) is 9.78 Å². The van der Waals surface area contributed by atoms with Crippen LogP contribution in [0.3, 0.4) is 0 Å². The predicted octanol–water partition coefficient (Wildman–Crippen LogP) is 4.30. The van der Waals surface area contributed by atoms with Crippen molar-refractivity contribution in [1.82, 2.24) is 4.98 Å². The molecule has 0 atom stereocenters. The molecule has 9 nitrogen and oxygen atoms in total. The molecule has 30 heavy (non-hydrogen) atoms. The zero-order valence-electron chi connectivity index (χ0n) is 15.9. The molecular weight excluding hydrogens is 444 g/mol. The fraction of sp³-hybridized carbons (Fsp3) is 0.294. The molecule has 0 aliphatic heterocycles. The van der Waals surface area contributed by atoms with E-state index < -0.39 is 35.5 Å². The van der Waals surface area contributed by atoms with Crippen LogP contribution in [0.1, 0.15) is 15.2 Å². The van der Waals surface area contributed by atoms with E-state index in [1.165, 1.54) is 18.4 Å². The number of rotatable bonds is 8. The molecule has 0 aliphatic rings. The molecule has 0 unspecified atom stereocenters. The van der Waals surface area contributed by atoms with E-state index in [9.17, 15) is 23.7 Å². The van der Waals surface area contributed by atoms with Crippen LogP contribution >= 0.6 is 22.7 Å². The summed E-state index contributed by atoms with van der Waals surface area (Å²) in [5.74, 6) is -1.32. The van der Waals surface area contributed by atoms with Crippen LogP contribution < -0.4 is 14.4 Å². The van der Waals surface area contributed by atoms with Crippen LogP contribution in [-0.2, 0) is 11.3 Å². The average molecular weight is 459 g/mol. The lowest BCUT2D eigenvalue weighted by Gasteiger charge is -2.12. The minimum Gasteiger partial charge on any atom is -0.493 e. The summed E-state index contributed by atoms with van der Waals surface area (Å²) < 4.78 is 40.2. The lowest BCUT2D eigenvalue weighted by Crippen LogP contribution is -2.08. The molecule has 0 aliphatic carbocycles. The third-order valence-corrected chi connectivity index (χ3v) is 6.11. The number of hydrogen-bond acceptors (Lipinski definition) is 10. The molecule has 3 aromatic rings. The summed E-state index contributed by atoms with van der Waals surface area (Å²) in [6.07, 6.45) is 0. The number of ether oxygens (including phenoxy) is 3. The molecule has 2 heterocycles. The van der Waals surface area contributed by atoms with Crippen LogP contribution in [0.4, 0.5) is 19.6 Å². The van der Waals surface area contributed by atoms with Gasteiger partial charge in [-0.2, -0.15) is 8.78 Å².